The molecule has 3 aromatic heterocycles. The highest BCUT2D eigenvalue weighted by atomic mass is 35.5. The molecule has 1 aliphatic heterocycles. The number of ether oxygens (including phenoxy) is 2. The Bertz CT molecular complexity index is 1600. The lowest BCUT2D eigenvalue weighted by molar-refractivity contribution is 0.0408. The van der Waals surface area contributed by atoms with E-state index in [-0.39, 0.29) is 22.3 Å². The van der Waals surface area contributed by atoms with Crippen LogP contribution in [0, 0.1) is 5.82 Å². The lowest BCUT2D eigenvalue weighted by atomic mass is 10.1. The van der Waals surface area contributed by atoms with E-state index >= 15 is 0 Å². The number of aromatic nitrogens is 4. The Morgan fingerprint density at radius 3 is 2.72 bits per heavy atom. The number of methoxy groups -OCH3 is 1. The summed E-state index contributed by atoms with van der Waals surface area (Å²) in [5, 5.41) is 3.06. The van der Waals surface area contributed by atoms with E-state index in [9.17, 15) is 12.8 Å². The average molecular weight is 574 g/mol. The van der Waals surface area contributed by atoms with Crippen LogP contribution < -0.4 is 14.8 Å². The first kappa shape index (κ1) is 26.9. The normalized spacial score (nSPS) is 14.3. The van der Waals surface area contributed by atoms with E-state index < -0.39 is 15.8 Å². The Kier molecular flexibility index (Phi) is 8.02. The van der Waals surface area contributed by atoms with Crippen LogP contribution in [0.25, 0.3) is 22.3 Å². The summed E-state index contributed by atoms with van der Waals surface area (Å²) < 4.78 is 52.5. The second-order valence-electron chi connectivity index (χ2n) is 8.70. The molecule has 2 N–H and O–H groups in total. The van der Waals surface area contributed by atoms with Gasteiger partial charge in [-0.15, -0.1) is 0 Å². The molecular formula is C25H25ClFN7O4S. The van der Waals surface area contributed by atoms with E-state index in [1.165, 1.54) is 37.8 Å². The number of rotatable bonds is 9. The second kappa shape index (κ2) is 11.6. The summed E-state index contributed by atoms with van der Waals surface area (Å²) in [6.45, 7) is 2.95. The minimum absolute atomic E-state index is 0.0313. The van der Waals surface area contributed by atoms with Gasteiger partial charge in [0.1, 0.15) is 23.3 Å². The van der Waals surface area contributed by atoms with E-state index in [1.807, 2.05) is 4.90 Å². The quantitative estimate of drug-likeness (QED) is 0.305. The molecule has 0 aliphatic carbocycles. The zero-order valence-electron chi connectivity index (χ0n) is 20.9. The molecule has 4 aromatic rings. The van der Waals surface area contributed by atoms with E-state index in [0.29, 0.717) is 66.6 Å². The van der Waals surface area contributed by atoms with E-state index in [0.717, 1.165) is 0 Å². The molecule has 0 atom stereocenters. The van der Waals surface area contributed by atoms with Crippen LogP contribution in [0.4, 0.5) is 21.6 Å². The van der Waals surface area contributed by atoms with Gasteiger partial charge in [0.2, 0.25) is 15.9 Å². The molecule has 0 amide bonds. The van der Waals surface area contributed by atoms with Gasteiger partial charge in [-0.25, -0.2) is 32.7 Å². The standard InChI is InChI=1S/C25H25ClFN7O4S/c1-37-25-22(33-39(35,36)11-8-34-6-9-38-10-7-34)12-16(14-28-25)20-4-5-21-23(32-20)24(30-15-29-21)31-17-2-3-19(27)18(26)13-17/h2-5,12-15,33H,6-11H2,1H3,(H,29,30,31). The molecule has 0 radical (unpaired) electrons. The van der Waals surface area contributed by atoms with E-state index in [4.69, 9.17) is 26.1 Å². The zero-order chi connectivity index (χ0) is 27.4. The van der Waals surface area contributed by atoms with Crippen LogP contribution in [0.1, 0.15) is 0 Å². The second-order valence-corrected chi connectivity index (χ2v) is 10.9. The molecule has 5 rings (SSSR count). The fourth-order valence-electron chi connectivity index (χ4n) is 4.02. The molecule has 1 fully saturated rings. The number of sulfonamides is 1. The molecule has 0 saturated carbocycles. The van der Waals surface area contributed by atoms with Crippen molar-refractivity contribution in [3.63, 3.8) is 0 Å². The molecular weight excluding hydrogens is 549 g/mol. The van der Waals surface area contributed by atoms with Gasteiger partial charge in [0.15, 0.2) is 5.82 Å². The van der Waals surface area contributed by atoms with Gasteiger partial charge in [0.25, 0.3) is 0 Å². The summed E-state index contributed by atoms with van der Waals surface area (Å²) in [5.74, 6) is -0.105. The number of hydrogen-bond acceptors (Lipinski definition) is 10. The van der Waals surface area contributed by atoms with Crippen LogP contribution >= 0.6 is 11.6 Å². The van der Waals surface area contributed by atoms with Gasteiger partial charge in [0, 0.05) is 37.1 Å². The largest absolute Gasteiger partial charge is 0.480 e. The summed E-state index contributed by atoms with van der Waals surface area (Å²) in [5.41, 5.74) is 2.77. The van der Waals surface area contributed by atoms with Crippen molar-refractivity contribution >= 4 is 49.9 Å². The third-order valence-corrected chi connectivity index (χ3v) is 7.59. The van der Waals surface area contributed by atoms with Crippen molar-refractivity contribution in [1.29, 1.82) is 0 Å². The zero-order valence-corrected chi connectivity index (χ0v) is 22.5. The third-order valence-electron chi connectivity index (χ3n) is 6.05. The van der Waals surface area contributed by atoms with Crippen molar-refractivity contribution in [2.45, 2.75) is 0 Å². The van der Waals surface area contributed by atoms with Crippen LogP contribution in [-0.2, 0) is 14.8 Å². The predicted molar refractivity (Wildman–Crippen MR) is 146 cm³/mol. The Labute approximate surface area is 229 Å². The number of nitrogens with zero attached hydrogens (tertiary/aromatic N) is 5. The monoisotopic (exact) mass is 573 g/mol. The van der Waals surface area contributed by atoms with Crippen LogP contribution in [0.15, 0.2) is 48.9 Å². The maximum Gasteiger partial charge on any atom is 0.238 e. The van der Waals surface area contributed by atoms with Gasteiger partial charge in [0.05, 0.1) is 42.3 Å². The minimum atomic E-state index is -3.69. The van der Waals surface area contributed by atoms with Crippen LogP contribution in [0.3, 0.4) is 0 Å². The van der Waals surface area contributed by atoms with Crippen LogP contribution in [-0.4, -0.2) is 79.0 Å². The van der Waals surface area contributed by atoms with E-state index in [1.54, 1.807) is 18.2 Å². The van der Waals surface area contributed by atoms with Crippen molar-refractivity contribution in [3.05, 3.63) is 59.8 Å². The Balaban J connectivity index is 1.42. The van der Waals surface area contributed by atoms with Gasteiger partial charge < -0.3 is 14.8 Å². The Hall–Kier alpha value is -3.65. The molecule has 1 aromatic carbocycles. The van der Waals surface area contributed by atoms with E-state index in [2.05, 4.69) is 25.0 Å². The number of anilines is 3. The van der Waals surface area contributed by atoms with Gasteiger partial charge in [-0.3, -0.25) is 9.62 Å². The minimum Gasteiger partial charge on any atom is -0.480 e. The summed E-state index contributed by atoms with van der Waals surface area (Å²) >= 11 is 5.91. The number of pyridine rings is 2. The summed E-state index contributed by atoms with van der Waals surface area (Å²) in [6.07, 6.45) is 2.92. The fraction of sp³-hybridized carbons (Fsp3) is 0.280. The molecule has 4 heterocycles. The molecule has 0 spiro atoms. The first-order valence-corrected chi connectivity index (χ1v) is 14.0. The molecule has 39 heavy (non-hydrogen) atoms. The first-order valence-electron chi connectivity index (χ1n) is 12.0. The highest BCUT2D eigenvalue weighted by Gasteiger charge is 2.19. The lowest BCUT2D eigenvalue weighted by Crippen LogP contribution is -2.39. The number of benzene rings is 1. The SMILES string of the molecule is COc1ncc(-c2ccc3ncnc(Nc4ccc(F)c(Cl)c4)c3n2)cc1NS(=O)(=O)CCN1CCOCC1. The third kappa shape index (κ3) is 6.50. The number of halogens is 2. The van der Waals surface area contributed by atoms with Gasteiger partial charge in [-0.2, -0.15) is 0 Å². The fourth-order valence-corrected chi connectivity index (χ4v) is 5.29. The lowest BCUT2D eigenvalue weighted by Gasteiger charge is -2.26. The van der Waals surface area contributed by atoms with Crippen molar-refractivity contribution in [2.75, 3.05) is 55.7 Å². The van der Waals surface area contributed by atoms with Gasteiger partial charge in [-0.05, 0) is 36.4 Å². The number of nitrogens with one attached hydrogen (secondary N) is 2. The molecule has 1 saturated heterocycles. The van der Waals surface area contributed by atoms with Gasteiger partial charge >= 0.3 is 0 Å². The highest BCUT2D eigenvalue weighted by molar-refractivity contribution is 7.92. The molecule has 1 aliphatic rings. The summed E-state index contributed by atoms with van der Waals surface area (Å²) in [6, 6.07) is 9.35. The topological polar surface area (TPSA) is 131 Å². The maximum absolute atomic E-state index is 13.6. The first-order chi connectivity index (χ1) is 18.8. The van der Waals surface area contributed by atoms with Gasteiger partial charge in [-0.1, -0.05) is 11.6 Å². The van der Waals surface area contributed by atoms with Crippen molar-refractivity contribution in [1.82, 2.24) is 24.8 Å². The average Bonchev–Trinajstić information content (AvgIpc) is 2.94. The smallest absolute Gasteiger partial charge is 0.238 e. The van der Waals surface area contributed by atoms with Crippen molar-refractivity contribution in [3.8, 4) is 17.1 Å². The molecule has 204 valence electrons. The summed E-state index contributed by atoms with van der Waals surface area (Å²) in [7, 11) is -2.27. The number of morpholine rings is 1. The Morgan fingerprint density at radius 2 is 1.95 bits per heavy atom. The van der Waals surface area contributed by atoms with Crippen molar-refractivity contribution < 1.29 is 22.3 Å². The number of hydrogen-bond donors (Lipinski definition) is 2. The molecule has 0 bridgehead atoms. The predicted octanol–water partition coefficient (Wildman–Crippen LogP) is 3.71. The highest BCUT2D eigenvalue weighted by Crippen LogP contribution is 2.31. The maximum atomic E-state index is 13.6. The molecule has 0 unspecified atom stereocenters. The van der Waals surface area contributed by atoms with Crippen LogP contribution in [0.5, 0.6) is 5.88 Å². The Morgan fingerprint density at radius 1 is 1.13 bits per heavy atom. The molecule has 11 nitrogen and oxygen atoms in total. The number of fused-ring (bicyclic) bond motifs is 1. The summed E-state index contributed by atoms with van der Waals surface area (Å²) in [4.78, 5) is 19.6. The van der Waals surface area contributed by atoms with Crippen molar-refractivity contribution in [2.24, 2.45) is 0 Å². The molecule has 14 heteroatoms. The van der Waals surface area contributed by atoms with Crippen LogP contribution in [0.2, 0.25) is 5.02 Å².